The number of piperidine rings is 1. The fourth-order valence-corrected chi connectivity index (χ4v) is 3.85. The van der Waals surface area contributed by atoms with Crippen LogP contribution in [0.25, 0.3) is 0 Å². The summed E-state index contributed by atoms with van der Waals surface area (Å²) in [5, 5.41) is 0. The summed E-state index contributed by atoms with van der Waals surface area (Å²) in [7, 11) is 0.660. The Morgan fingerprint density at radius 2 is 1.71 bits per heavy atom. The molecule has 0 unspecified atom stereocenters. The van der Waals surface area contributed by atoms with Crippen molar-refractivity contribution in [3.05, 3.63) is 35.4 Å². The molecule has 0 amide bonds. The van der Waals surface area contributed by atoms with Crippen molar-refractivity contribution in [3.8, 4) is 0 Å². The molecule has 0 aliphatic carbocycles. The maximum Gasteiger partial charge on any atom is 0.279 e. The smallest absolute Gasteiger partial charge is 0.279 e. The summed E-state index contributed by atoms with van der Waals surface area (Å²) in [5.41, 5.74) is 2.19. The molecule has 1 heterocycles. The van der Waals surface area contributed by atoms with Crippen LogP contribution in [0.4, 0.5) is 0 Å². The molecule has 21 heavy (non-hydrogen) atoms. The number of hydrogen-bond donors (Lipinski definition) is 1. The van der Waals surface area contributed by atoms with Gasteiger partial charge in [0.05, 0.1) is 0 Å². The lowest BCUT2D eigenvalue weighted by molar-refractivity contribution is 0.341. The Labute approximate surface area is 128 Å². The highest BCUT2D eigenvalue weighted by atomic mass is 32.2. The summed E-state index contributed by atoms with van der Waals surface area (Å²) >= 11 is 0. The van der Waals surface area contributed by atoms with Gasteiger partial charge in [0.1, 0.15) is 0 Å². The maximum absolute atomic E-state index is 12.3. The van der Waals surface area contributed by atoms with Crippen molar-refractivity contribution >= 4 is 10.2 Å². The minimum Gasteiger partial charge on any atom is -0.305 e. The third-order valence-electron chi connectivity index (χ3n) is 3.70. The van der Waals surface area contributed by atoms with Gasteiger partial charge in [0.2, 0.25) is 0 Å². The molecule has 0 atom stereocenters. The predicted molar refractivity (Wildman–Crippen MR) is 85.0 cm³/mol. The van der Waals surface area contributed by atoms with E-state index in [1.165, 1.54) is 0 Å². The Balaban J connectivity index is 2.02. The molecule has 1 saturated heterocycles. The molecule has 1 aliphatic heterocycles. The van der Waals surface area contributed by atoms with Gasteiger partial charge in [-0.15, -0.1) is 0 Å². The van der Waals surface area contributed by atoms with E-state index in [9.17, 15) is 8.42 Å². The number of hydrogen-bond acceptors (Lipinski definition) is 3. The molecule has 2 rings (SSSR count). The molecule has 1 fully saturated rings. The number of nitrogens with zero attached hydrogens (tertiary/aromatic N) is 2. The van der Waals surface area contributed by atoms with E-state index in [4.69, 9.17) is 0 Å². The van der Waals surface area contributed by atoms with E-state index in [0.29, 0.717) is 19.6 Å². The second kappa shape index (κ2) is 7.35. The first-order valence-electron chi connectivity index (χ1n) is 7.45. The highest BCUT2D eigenvalue weighted by Crippen LogP contribution is 2.14. The van der Waals surface area contributed by atoms with Crippen LogP contribution in [0.15, 0.2) is 24.3 Å². The molecule has 0 radical (unpaired) electrons. The van der Waals surface area contributed by atoms with E-state index in [-0.39, 0.29) is 0 Å². The van der Waals surface area contributed by atoms with Gasteiger partial charge in [0.15, 0.2) is 0 Å². The molecule has 0 spiro atoms. The van der Waals surface area contributed by atoms with Gasteiger partial charge in [0.25, 0.3) is 10.2 Å². The van der Waals surface area contributed by atoms with E-state index in [0.717, 1.165) is 36.9 Å². The van der Waals surface area contributed by atoms with E-state index in [1.807, 2.05) is 38.4 Å². The Hall–Kier alpha value is -0.950. The Morgan fingerprint density at radius 1 is 1.10 bits per heavy atom. The van der Waals surface area contributed by atoms with Crippen LogP contribution in [-0.2, 0) is 23.3 Å². The van der Waals surface area contributed by atoms with Crippen molar-refractivity contribution in [2.24, 2.45) is 0 Å². The first kappa shape index (κ1) is 16.4. The van der Waals surface area contributed by atoms with Crippen LogP contribution < -0.4 is 4.72 Å². The van der Waals surface area contributed by atoms with Crippen molar-refractivity contribution in [3.63, 3.8) is 0 Å². The molecule has 0 bridgehead atoms. The van der Waals surface area contributed by atoms with Gasteiger partial charge in [-0.3, -0.25) is 0 Å². The van der Waals surface area contributed by atoms with Gasteiger partial charge in [0, 0.05) is 26.2 Å². The molecular formula is C15H25N3O2S. The van der Waals surface area contributed by atoms with Crippen LogP contribution in [0.2, 0.25) is 0 Å². The Kier molecular flexibility index (Phi) is 5.75. The molecule has 1 aromatic carbocycles. The van der Waals surface area contributed by atoms with Crippen molar-refractivity contribution in [2.45, 2.75) is 32.4 Å². The van der Waals surface area contributed by atoms with E-state index < -0.39 is 10.2 Å². The first-order chi connectivity index (χ1) is 9.99. The van der Waals surface area contributed by atoms with Crippen LogP contribution in [-0.4, -0.2) is 44.8 Å². The fraction of sp³-hybridized carbons (Fsp3) is 0.600. The first-order valence-corrected chi connectivity index (χ1v) is 8.89. The van der Waals surface area contributed by atoms with Crippen LogP contribution in [0.5, 0.6) is 0 Å². The van der Waals surface area contributed by atoms with E-state index >= 15 is 0 Å². The summed E-state index contributed by atoms with van der Waals surface area (Å²) in [5.74, 6) is 0. The number of nitrogens with one attached hydrogen (secondary N) is 1. The lowest BCUT2D eigenvalue weighted by Crippen LogP contribution is -2.43. The summed E-state index contributed by atoms with van der Waals surface area (Å²) in [6, 6.07) is 7.97. The number of rotatable bonds is 6. The molecule has 1 aromatic rings. The lowest BCUT2D eigenvalue weighted by atomic mass is 10.1. The maximum atomic E-state index is 12.3. The zero-order valence-corrected chi connectivity index (χ0v) is 13.7. The largest absolute Gasteiger partial charge is 0.305 e. The normalized spacial score (nSPS) is 17.3. The SMILES string of the molecule is CN(C)Cc1ccccc1CNS(=O)(=O)N1CCCCC1. The quantitative estimate of drug-likeness (QED) is 0.867. The molecule has 0 saturated carbocycles. The third-order valence-corrected chi connectivity index (χ3v) is 5.26. The molecule has 118 valence electrons. The van der Waals surface area contributed by atoms with Gasteiger partial charge >= 0.3 is 0 Å². The second-order valence-electron chi connectivity index (χ2n) is 5.79. The average molecular weight is 311 g/mol. The monoisotopic (exact) mass is 311 g/mol. The van der Waals surface area contributed by atoms with Gasteiger partial charge < -0.3 is 4.90 Å². The highest BCUT2D eigenvalue weighted by molar-refractivity contribution is 7.87. The lowest BCUT2D eigenvalue weighted by Gasteiger charge is -2.26. The zero-order valence-electron chi connectivity index (χ0n) is 12.9. The molecule has 5 nitrogen and oxygen atoms in total. The molecular weight excluding hydrogens is 286 g/mol. The van der Waals surface area contributed by atoms with Crippen molar-refractivity contribution in [1.82, 2.24) is 13.9 Å². The summed E-state index contributed by atoms with van der Waals surface area (Å²) < 4.78 is 28.9. The predicted octanol–water partition coefficient (Wildman–Crippen LogP) is 1.57. The second-order valence-corrected chi connectivity index (χ2v) is 7.55. The molecule has 0 aromatic heterocycles. The highest BCUT2D eigenvalue weighted by Gasteiger charge is 2.23. The fourth-order valence-electron chi connectivity index (χ4n) is 2.59. The van der Waals surface area contributed by atoms with Crippen LogP contribution in [0.1, 0.15) is 30.4 Å². The van der Waals surface area contributed by atoms with Crippen LogP contribution in [0.3, 0.4) is 0 Å². The molecule has 6 heteroatoms. The van der Waals surface area contributed by atoms with Gasteiger partial charge in [-0.25, -0.2) is 0 Å². The van der Waals surface area contributed by atoms with Crippen LogP contribution in [0, 0.1) is 0 Å². The molecule has 1 aliphatic rings. The summed E-state index contributed by atoms with van der Waals surface area (Å²) in [6.45, 7) is 2.42. The van der Waals surface area contributed by atoms with Gasteiger partial charge in [-0.05, 0) is 38.1 Å². The van der Waals surface area contributed by atoms with Crippen molar-refractivity contribution in [1.29, 1.82) is 0 Å². The summed E-state index contributed by atoms with van der Waals surface area (Å²) in [6.07, 6.45) is 3.04. The Morgan fingerprint density at radius 3 is 2.33 bits per heavy atom. The minimum absolute atomic E-state index is 0.350. The minimum atomic E-state index is -3.36. The zero-order chi connectivity index (χ0) is 15.3. The summed E-state index contributed by atoms with van der Waals surface area (Å²) in [4.78, 5) is 2.08. The Bertz CT molecular complexity index is 552. The third kappa shape index (κ3) is 4.78. The van der Waals surface area contributed by atoms with E-state index in [2.05, 4.69) is 9.62 Å². The van der Waals surface area contributed by atoms with Crippen molar-refractivity contribution < 1.29 is 8.42 Å². The van der Waals surface area contributed by atoms with E-state index in [1.54, 1.807) is 4.31 Å². The van der Waals surface area contributed by atoms with Gasteiger partial charge in [-0.1, -0.05) is 30.7 Å². The topological polar surface area (TPSA) is 52.7 Å². The average Bonchev–Trinajstić information content (AvgIpc) is 2.47. The van der Waals surface area contributed by atoms with Gasteiger partial charge in [-0.2, -0.15) is 17.4 Å². The molecule has 1 N–H and O–H groups in total. The van der Waals surface area contributed by atoms with Crippen LogP contribution >= 0.6 is 0 Å². The number of benzene rings is 1. The standard InChI is InChI=1S/C15H25N3O2S/c1-17(2)13-15-9-5-4-8-14(15)12-16-21(19,20)18-10-6-3-7-11-18/h4-5,8-9,16H,3,6-7,10-13H2,1-2H3. The van der Waals surface area contributed by atoms with Crippen molar-refractivity contribution in [2.75, 3.05) is 27.2 Å².